The minimum Gasteiger partial charge on any atom is -0.465 e. The average molecular weight is 183 g/mol. The van der Waals surface area contributed by atoms with Gasteiger partial charge in [-0.15, -0.1) is 0 Å². The van der Waals surface area contributed by atoms with Crippen LogP contribution in [0.5, 0.6) is 0 Å². The molecule has 1 aliphatic heterocycles. The summed E-state index contributed by atoms with van der Waals surface area (Å²) in [6.45, 7) is 5.17. The van der Waals surface area contributed by atoms with Gasteiger partial charge in [-0.3, -0.25) is 4.79 Å². The van der Waals surface area contributed by atoms with Crippen molar-refractivity contribution in [1.82, 2.24) is 5.32 Å². The maximum absolute atomic E-state index is 11.3. The van der Waals surface area contributed by atoms with E-state index in [0.717, 1.165) is 13.0 Å². The van der Waals surface area contributed by atoms with Crippen molar-refractivity contribution in [3.05, 3.63) is 12.2 Å². The first-order valence-corrected chi connectivity index (χ1v) is 4.80. The SMILES string of the molecule is C/C=C\C1CNC(C(=O)OCC)C1. The molecule has 2 unspecified atom stereocenters. The highest BCUT2D eigenvalue weighted by atomic mass is 16.5. The Balaban J connectivity index is 2.36. The number of carbonyl (C=O) groups is 1. The van der Waals surface area contributed by atoms with Crippen LogP contribution in [0.2, 0.25) is 0 Å². The monoisotopic (exact) mass is 183 g/mol. The van der Waals surface area contributed by atoms with Gasteiger partial charge in [-0.1, -0.05) is 12.2 Å². The van der Waals surface area contributed by atoms with Crippen LogP contribution >= 0.6 is 0 Å². The number of ether oxygens (including phenoxy) is 1. The first-order valence-electron chi connectivity index (χ1n) is 4.80. The zero-order chi connectivity index (χ0) is 9.68. The Bertz CT molecular complexity index is 201. The summed E-state index contributed by atoms with van der Waals surface area (Å²) >= 11 is 0. The maximum atomic E-state index is 11.3. The summed E-state index contributed by atoms with van der Waals surface area (Å²) in [5, 5.41) is 3.15. The summed E-state index contributed by atoms with van der Waals surface area (Å²) in [6, 6.07) is -0.0962. The first-order chi connectivity index (χ1) is 6.27. The lowest BCUT2D eigenvalue weighted by Gasteiger charge is -2.07. The second-order valence-electron chi connectivity index (χ2n) is 3.23. The van der Waals surface area contributed by atoms with Crippen LogP contribution in [0.3, 0.4) is 0 Å². The summed E-state index contributed by atoms with van der Waals surface area (Å²) < 4.78 is 4.93. The van der Waals surface area contributed by atoms with Gasteiger partial charge in [0.05, 0.1) is 6.61 Å². The molecule has 0 aromatic heterocycles. The molecule has 0 aromatic rings. The van der Waals surface area contributed by atoms with Crippen LogP contribution in [-0.4, -0.2) is 25.2 Å². The van der Waals surface area contributed by atoms with E-state index in [2.05, 4.69) is 11.4 Å². The predicted molar refractivity (Wildman–Crippen MR) is 51.3 cm³/mol. The number of esters is 1. The van der Waals surface area contributed by atoms with E-state index >= 15 is 0 Å². The Morgan fingerprint density at radius 2 is 2.46 bits per heavy atom. The highest BCUT2D eigenvalue weighted by Gasteiger charge is 2.28. The summed E-state index contributed by atoms with van der Waals surface area (Å²) in [6.07, 6.45) is 5.02. The molecule has 3 nitrogen and oxygen atoms in total. The van der Waals surface area contributed by atoms with Crippen LogP contribution in [0.15, 0.2) is 12.2 Å². The van der Waals surface area contributed by atoms with Crippen LogP contribution in [-0.2, 0) is 9.53 Å². The molecule has 2 atom stereocenters. The van der Waals surface area contributed by atoms with Gasteiger partial charge in [-0.25, -0.2) is 0 Å². The average Bonchev–Trinajstić information content (AvgIpc) is 2.54. The highest BCUT2D eigenvalue weighted by molar-refractivity contribution is 5.76. The fourth-order valence-electron chi connectivity index (χ4n) is 1.60. The largest absolute Gasteiger partial charge is 0.465 e. The summed E-state index contributed by atoms with van der Waals surface area (Å²) in [4.78, 5) is 11.3. The lowest BCUT2D eigenvalue weighted by Crippen LogP contribution is -2.32. The first kappa shape index (κ1) is 10.3. The van der Waals surface area contributed by atoms with E-state index in [1.807, 2.05) is 19.9 Å². The Kier molecular flexibility index (Phi) is 3.96. The fraction of sp³-hybridized carbons (Fsp3) is 0.700. The second-order valence-corrected chi connectivity index (χ2v) is 3.23. The maximum Gasteiger partial charge on any atom is 0.323 e. The summed E-state index contributed by atoms with van der Waals surface area (Å²) in [5.74, 6) is 0.369. The zero-order valence-electron chi connectivity index (χ0n) is 8.25. The molecule has 1 N–H and O–H groups in total. The molecule has 13 heavy (non-hydrogen) atoms. The molecule has 0 saturated carbocycles. The molecule has 0 bridgehead atoms. The van der Waals surface area contributed by atoms with Crippen LogP contribution in [0.25, 0.3) is 0 Å². The van der Waals surface area contributed by atoms with Gasteiger partial charge in [0.15, 0.2) is 0 Å². The third kappa shape index (κ3) is 2.84. The van der Waals surface area contributed by atoms with Gasteiger partial charge in [0.1, 0.15) is 6.04 Å². The molecule has 74 valence electrons. The molecular weight excluding hydrogens is 166 g/mol. The molecule has 0 amide bonds. The summed E-state index contributed by atoms with van der Waals surface area (Å²) in [7, 11) is 0. The number of hydrogen-bond donors (Lipinski definition) is 1. The number of rotatable bonds is 3. The Morgan fingerprint density at radius 1 is 1.69 bits per heavy atom. The van der Waals surface area contributed by atoms with E-state index < -0.39 is 0 Å². The van der Waals surface area contributed by atoms with Crippen molar-refractivity contribution in [1.29, 1.82) is 0 Å². The van der Waals surface area contributed by atoms with E-state index in [-0.39, 0.29) is 12.0 Å². The molecule has 0 spiro atoms. The molecule has 1 aliphatic rings. The van der Waals surface area contributed by atoms with Crippen LogP contribution in [0.4, 0.5) is 0 Å². The minimum absolute atomic E-state index is 0.0962. The van der Waals surface area contributed by atoms with Crippen LogP contribution < -0.4 is 5.32 Å². The van der Waals surface area contributed by atoms with Crippen LogP contribution in [0, 0.1) is 5.92 Å². The van der Waals surface area contributed by atoms with Gasteiger partial charge in [-0.05, 0) is 26.2 Å². The molecule has 1 fully saturated rings. The second kappa shape index (κ2) is 5.02. The quantitative estimate of drug-likeness (QED) is 0.526. The Hall–Kier alpha value is -0.830. The number of hydrogen-bond acceptors (Lipinski definition) is 3. The van der Waals surface area contributed by atoms with E-state index in [1.165, 1.54) is 0 Å². The molecule has 1 rings (SSSR count). The van der Waals surface area contributed by atoms with Crippen molar-refractivity contribution in [3.63, 3.8) is 0 Å². The van der Waals surface area contributed by atoms with E-state index in [0.29, 0.717) is 12.5 Å². The third-order valence-corrected chi connectivity index (χ3v) is 2.20. The van der Waals surface area contributed by atoms with E-state index in [4.69, 9.17) is 4.74 Å². The van der Waals surface area contributed by atoms with E-state index in [9.17, 15) is 4.79 Å². The van der Waals surface area contributed by atoms with Gasteiger partial charge < -0.3 is 10.1 Å². The minimum atomic E-state index is -0.116. The van der Waals surface area contributed by atoms with Gasteiger partial charge in [0.2, 0.25) is 0 Å². The Morgan fingerprint density at radius 3 is 3.08 bits per heavy atom. The normalized spacial score (nSPS) is 28.2. The van der Waals surface area contributed by atoms with Crippen molar-refractivity contribution in [2.45, 2.75) is 26.3 Å². The molecule has 1 heterocycles. The van der Waals surface area contributed by atoms with Crippen molar-refractivity contribution in [3.8, 4) is 0 Å². The lowest BCUT2D eigenvalue weighted by atomic mass is 10.1. The lowest BCUT2D eigenvalue weighted by molar-refractivity contribution is -0.145. The van der Waals surface area contributed by atoms with Crippen molar-refractivity contribution < 1.29 is 9.53 Å². The molecular formula is C10H17NO2. The fourth-order valence-corrected chi connectivity index (χ4v) is 1.60. The van der Waals surface area contributed by atoms with Gasteiger partial charge in [0, 0.05) is 6.54 Å². The molecule has 0 radical (unpaired) electrons. The molecule has 3 heteroatoms. The highest BCUT2D eigenvalue weighted by Crippen LogP contribution is 2.16. The van der Waals surface area contributed by atoms with Crippen LogP contribution in [0.1, 0.15) is 20.3 Å². The molecule has 1 saturated heterocycles. The smallest absolute Gasteiger partial charge is 0.323 e. The summed E-state index contributed by atoms with van der Waals surface area (Å²) in [5.41, 5.74) is 0. The van der Waals surface area contributed by atoms with Crippen molar-refractivity contribution in [2.24, 2.45) is 5.92 Å². The van der Waals surface area contributed by atoms with E-state index in [1.54, 1.807) is 0 Å². The van der Waals surface area contributed by atoms with Crippen molar-refractivity contribution >= 4 is 5.97 Å². The standard InChI is InChI=1S/C10H17NO2/c1-3-5-8-6-9(11-7-8)10(12)13-4-2/h3,5,8-9,11H,4,6-7H2,1-2H3/b5-3-. The van der Waals surface area contributed by atoms with Gasteiger partial charge in [0.25, 0.3) is 0 Å². The third-order valence-electron chi connectivity index (χ3n) is 2.20. The topological polar surface area (TPSA) is 38.3 Å². The zero-order valence-corrected chi connectivity index (χ0v) is 8.25. The predicted octanol–water partition coefficient (Wildman–Crippen LogP) is 1.10. The number of carbonyl (C=O) groups excluding carboxylic acids is 1. The Labute approximate surface area is 79.2 Å². The number of allylic oxidation sites excluding steroid dienone is 1. The van der Waals surface area contributed by atoms with Gasteiger partial charge >= 0.3 is 5.97 Å². The van der Waals surface area contributed by atoms with Crippen molar-refractivity contribution in [2.75, 3.05) is 13.2 Å². The van der Waals surface area contributed by atoms with Gasteiger partial charge in [-0.2, -0.15) is 0 Å². The molecule has 0 aromatic carbocycles. The number of nitrogens with one attached hydrogen (secondary N) is 1. The molecule has 0 aliphatic carbocycles.